The number of aliphatic hydroxyl groups is 2. The van der Waals surface area contributed by atoms with Crippen LogP contribution in [0.25, 0.3) is 10.8 Å². The molecule has 0 radical (unpaired) electrons. The van der Waals surface area contributed by atoms with Crippen LogP contribution in [0.3, 0.4) is 0 Å². The molecule has 2 aromatic rings. The standard InChI is InChI=1S/C22H23NO2S/c24-12-18-13-26-22-21(15-8-9-15)17(11-20(25)23(18)22)10-16-6-3-5-14-4-1-2-7-19(14)16/h1-7,11,15,18,20,24-25H,8-10,12-13H2/t18-,20?/m1/s1. The summed E-state index contributed by atoms with van der Waals surface area (Å²) in [5.41, 5.74) is 4.01. The summed E-state index contributed by atoms with van der Waals surface area (Å²) in [4.78, 5) is 2.03. The molecule has 1 saturated carbocycles. The van der Waals surface area contributed by atoms with Gasteiger partial charge in [-0.25, -0.2) is 0 Å². The number of thioether (sulfide) groups is 1. The van der Waals surface area contributed by atoms with E-state index in [-0.39, 0.29) is 12.6 Å². The Morgan fingerprint density at radius 2 is 1.88 bits per heavy atom. The molecule has 2 N–H and O–H groups in total. The van der Waals surface area contributed by atoms with Gasteiger partial charge >= 0.3 is 0 Å². The van der Waals surface area contributed by atoms with Crippen LogP contribution in [0.1, 0.15) is 18.4 Å². The lowest BCUT2D eigenvalue weighted by Crippen LogP contribution is -2.42. The first kappa shape index (κ1) is 16.4. The Bertz CT molecular complexity index is 910. The number of allylic oxidation sites excluding steroid dienone is 2. The van der Waals surface area contributed by atoms with E-state index >= 15 is 0 Å². The van der Waals surface area contributed by atoms with Gasteiger partial charge < -0.3 is 15.1 Å². The molecule has 2 atom stereocenters. The van der Waals surface area contributed by atoms with Gasteiger partial charge in [0.25, 0.3) is 0 Å². The van der Waals surface area contributed by atoms with Crippen molar-refractivity contribution >= 4 is 22.5 Å². The molecule has 5 rings (SSSR count). The van der Waals surface area contributed by atoms with Gasteiger partial charge in [0.05, 0.1) is 17.7 Å². The summed E-state index contributed by atoms with van der Waals surface area (Å²) >= 11 is 1.80. The molecule has 2 heterocycles. The lowest BCUT2D eigenvalue weighted by atomic mass is 9.90. The number of hydrogen-bond acceptors (Lipinski definition) is 4. The lowest BCUT2D eigenvalue weighted by molar-refractivity contribution is 0.0331. The molecule has 3 nitrogen and oxygen atoms in total. The first-order chi connectivity index (χ1) is 12.8. The molecule has 0 amide bonds. The average molecular weight is 365 g/mol. The van der Waals surface area contributed by atoms with Crippen LogP contribution in [0, 0.1) is 5.92 Å². The molecule has 0 bridgehead atoms. The third-order valence-corrected chi connectivity index (χ3v) is 6.96. The van der Waals surface area contributed by atoms with E-state index in [2.05, 4.69) is 42.5 Å². The topological polar surface area (TPSA) is 43.7 Å². The Morgan fingerprint density at radius 1 is 1.08 bits per heavy atom. The van der Waals surface area contributed by atoms with Gasteiger partial charge in [-0.15, -0.1) is 11.8 Å². The van der Waals surface area contributed by atoms with E-state index < -0.39 is 6.23 Å². The molecule has 26 heavy (non-hydrogen) atoms. The van der Waals surface area contributed by atoms with Gasteiger partial charge in [0, 0.05) is 5.75 Å². The molecule has 2 aliphatic heterocycles. The SMILES string of the molecule is OC[C@@H]1CSC2=C(C3CC3)C(Cc3cccc4ccccc34)=CC(O)N21. The summed E-state index contributed by atoms with van der Waals surface area (Å²) in [6.07, 6.45) is 4.71. The lowest BCUT2D eigenvalue weighted by Gasteiger charge is -2.35. The number of benzene rings is 2. The van der Waals surface area contributed by atoms with Crippen LogP contribution in [0.2, 0.25) is 0 Å². The number of rotatable bonds is 4. The fourth-order valence-corrected chi connectivity index (χ4v) is 5.77. The number of hydrogen-bond donors (Lipinski definition) is 2. The van der Waals surface area contributed by atoms with E-state index in [1.807, 2.05) is 11.0 Å². The molecular weight excluding hydrogens is 342 g/mol. The van der Waals surface area contributed by atoms with E-state index in [0.29, 0.717) is 5.92 Å². The Balaban J connectivity index is 1.56. The molecule has 1 aliphatic carbocycles. The summed E-state index contributed by atoms with van der Waals surface area (Å²) in [6.45, 7) is 0.0952. The predicted octanol–water partition coefficient (Wildman–Crippen LogP) is 3.67. The quantitative estimate of drug-likeness (QED) is 0.868. The van der Waals surface area contributed by atoms with Gasteiger partial charge in [-0.3, -0.25) is 0 Å². The van der Waals surface area contributed by atoms with Crippen LogP contribution in [0.15, 0.2) is 64.7 Å². The molecule has 0 aromatic heterocycles. The van der Waals surface area contributed by atoms with Crippen molar-refractivity contribution in [2.45, 2.75) is 31.5 Å². The normalized spacial score (nSPS) is 25.6. The molecule has 134 valence electrons. The van der Waals surface area contributed by atoms with Crippen LogP contribution < -0.4 is 0 Å². The van der Waals surface area contributed by atoms with Crippen molar-refractivity contribution in [2.75, 3.05) is 12.4 Å². The third kappa shape index (κ3) is 2.68. The Labute approximate surface area is 158 Å². The number of fused-ring (bicyclic) bond motifs is 2. The Morgan fingerprint density at radius 3 is 2.69 bits per heavy atom. The molecule has 2 aromatic carbocycles. The third-order valence-electron chi connectivity index (χ3n) is 5.71. The fraction of sp³-hybridized carbons (Fsp3) is 0.364. The van der Waals surface area contributed by atoms with Gasteiger partial charge in [0.15, 0.2) is 0 Å². The highest BCUT2D eigenvalue weighted by Crippen LogP contribution is 2.50. The second-order valence-electron chi connectivity index (χ2n) is 7.47. The molecule has 0 spiro atoms. The maximum absolute atomic E-state index is 10.8. The molecule has 1 unspecified atom stereocenters. The monoisotopic (exact) mass is 365 g/mol. The molecule has 3 aliphatic rings. The van der Waals surface area contributed by atoms with Gasteiger partial charge in [0.2, 0.25) is 0 Å². The van der Waals surface area contributed by atoms with Gasteiger partial charge in [-0.2, -0.15) is 0 Å². The van der Waals surface area contributed by atoms with E-state index in [9.17, 15) is 10.2 Å². The van der Waals surface area contributed by atoms with E-state index in [0.717, 1.165) is 12.2 Å². The summed E-state index contributed by atoms with van der Waals surface area (Å²) < 4.78 is 0. The van der Waals surface area contributed by atoms with Crippen LogP contribution >= 0.6 is 11.8 Å². The van der Waals surface area contributed by atoms with Crippen molar-refractivity contribution in [1.29, 1.82) is 0 Å². The first-order valence-electron chi connectivity index (χ1n) is 9.38. The predicted molar refractivity (Wildman–Crippen MR) is 107 cm³/mol. The van der Waals surface area contributed by atoms with Gasteiger partial charge in [0.1, 0.15) is 6.23 Å². The highest BCUT2D eigenvalue weighted by Gasteiger charge is 2.42. The zero-order valence-corrected chi connectivity index (χ0v) is 15.5. The minimum atomic E-state index is -0.635. The maximum atomic E-state index is 10.8. The summed E-state index contributed by atoms with van der Waals surface area (Å²) in [5, 5.41) is 24.2. The van der Waals surface area contributed by atoms with Crippen LogP contribution in [-0.4, -0.2) is 39.7 Å². The highest BCUT2D eigenvalue weighted by molar-refractivity contribution is 8.03. The van der Waals surface area contributed by atoms with Crippen LogP contribution in [-0.2, 0) is 6.42 Å². The van der Waals surface area contributed by atoms with E-state index in [4.69, 9.17) is 0 Å². The summed E-state index contributed by atoms with van der Waals surface area (Å²) in [5.74, 6) is 1.47. The fourth-order valence-electron chi connectivity index (χ4n) is 4.29. The van der Waals surface area contributed by atoms with Crippen LogP contribution in [0.4, 0.5) is 0 Å². The zero-order valence-electron chi connectivity index (χ0n) is 14.6. The van der Waals surface area contributed by atoms with Crippen LogP contribution in [0.5, 0.6) is 0 Å². The molecule has 4 heteroatoms. The number of nitrogens with zero attached hydrogens (tertiary/aromatic N) is 1. The van der Waals surface area contributed by atoms with Crippen molar-refractivity contribution in [3.63, 3.8) is 0 Å². The van der Waals surface area contributed by atoms with Crippen molar-refractivity contribution in [3.8, 4) is 0 Å². The smallest absolute Gasteiger partial charge is 0.147 e. The summed E-state index contributed by atoms with van der Waals surface area (Å²) in [7, 11) is 0. The maximum Gasteiger partial charge on any atom is 0.147 e. The molecular formula is C22H23NO2S. The van der Waals surface area contributed by atoms with Crippen molar-refractivity contribution in [1.82, 2.24) is 4.90 Å². The highest BCUT2D eigenvalue weighted by atomic mass is 32.2. The first-order valence-corrected chi connectivity index (χ1v) is 10.4. The zero-order chi connectivity index (χ0) is 17.7. The van der Waals surface area contributed by atoms with E-state index in [1.165, 1.54) is 45.4 Å². The second-order valence-corrected chi connectivity index (χ2v) is 8.48. The minimum Gasteiger partial charge on any atom is -0.394 e. The number of aliphatic hydroxyl groups excluding tert-OH is 2. The largest absolute Gasteiger partial charge is 0.394 e. The second kappa shape index (κ2) is 6.45. The van der Waals surface area contributed by atoms with Crippen molar-refractivity contribution in [3.05, 3.63) is 70.3 Å². The average Bonchev–Trinajstić information content (AvgIpc) is 3.40. The van der Waals surface area contributed by atoms with Crippen molar-refractivity contribution in [2.24, 2.45) is 5.92 Å². The molecule has 1 saturated heterocycles. The summed E-state index contributed by atoms with van der Waals surface area (Å²) in [6, 6.07) is 15.0. The van der Waals surface area contributed by atoms with E-state index in [1.54, 1.807) is 11.8 Å². The van der Waals surface area contributed by atoms with Crippen molar-refractivity contribution < 1.29 is 10.2 Å². The van der Waals surface area contributed by atoms with Gasteiger partial charge in [-0.1, -0.05) is 42.5 Å². The Kier molecular flexibility index (Phi) is 4.07. The Hall–Kier alpha value is -1.75. The minimum absolute atomic E-state index is 0.0223. The molecule has 2 fully saturated rings. The van der Waals surface area contributed by atoms with Gasteiger partial charge in [-0.05, 0) is 58.7 Å².